The number of hydrogen-bond acceptors (Lipinski definition) is 3. The van der Waals surface area contributed by atoms with Gasteiger partial charge in [0.05, 0.1) is 7.11 Å². The maximum atomic E-state index is 13.8. The summed E-state index contributed by atoms with van der Waals surface area (Å²) in [6.45, 7) is 0.442. The number of anilines is 2. The highest BCUT2D eigenvalue weighted by Gasteiger charge is 2.04. The normalized spacial score (nSPS) is 10.2. The van der Waals surface area contributed by atoms with Crippen LogP contribution in [0.4, 0.5) is 15.8 Å². The van der Waals surface area contributed by atoms with Crippen LogP contribution in [0.15, 0.2) is 42.5 Å². The molecule has 0 aliphatic heterocycles. The molecule has 20 heavy (non-hydrogen) atoms. The van der Waals surface area contributed by atoms with Gasteiger partial charge in [0.1, 0.15) is 11.6 Å². The molecule has 0 amide bonds. The number of hydrogen-bond donors (Lipinski definition) is 1. The second-order valence-corrected chi connectivity index (χ2v) is 4.75. The Kier molecular flexibility index (Phi) is 4.45. The van der Waals surface area contributed by atoms with Gasteiger partial charge in [-0.15, -0.1) is 0 Å². The highest BCUT2D eigenvalue weighted by Crippen LogP contribution is 2.19. The first-order valence-corrected chi connectivity index (χ1v) is 6.44. The van der Waals surface area contributed by atoms with E-state index in [-0.39, 0.29) is 5.82 Å². The summed E-state index contributed by atoms with van der Waals surface area (Å²) in [6.07, 6.45) is 0. The van der Waals surface area contributed by atoms with Gasteiger partial charge in [0.25, 0.3) is 0 Å². The van der Waals surface area contributed by atoms with Gasteiger partial charge in [-0.2, -0.15) is 0 Å². The van der Waals surface area contributed by atoms with E-state index in [2.05, 4.69) is 5.32 Å². The van der Waals surface area contributed by atoms with Gasteiger partial charge in [-0.05, 0) is 30.3 Å². The molecule has 2 aromatic rings. The molecule has 1 N–H and O–H groups in total. The molecule has 0 aliphatic carbocycles. The van der Waals surface area contributed by atoms with Crippen LogP contribution in [0.2, 0.25) is 0 Å². The highest BCUT2D eigenvalue weighted by atomic mass is 19.1. The Bertz CT molecular complexity index is 567. The summed E-state index contributed by atoms with van der Waals surface area (Å²) in [4.78, 5) is 2.03. The number of halogens is 1. The zero-order chi connectivity index (χ0) is 14.5. The fourth-order valence-corrected chi connectivity index (χ4v) is 1.87. The largest absolute Gasteiger partial charge is 0.497 e. The van der Waals surface area contributed by atoms with Gasteiger partial charge in [0.2, 0.25) is 0 Å². The average Bonchev–Trinajstić information content (AvgIpc) is 2.46. The van der Waals surface area contributed by atoms with Crippen molar-refractivity contribution >= 4 is 11.4 Å². The Balaban J connectivity index is 2.01. The fourth-order valence-electron chi connectivity index (χ4n) is 1.87. The first-order chi connectivity index (χ1) is 9.60. The van der Waals surface area contributed by atoms with Crippen LogP contribution in [0.3, 0.4) is 0 Å². The van der Waals surface area contributed by atoms with Crippen molar-refractivity contribution < 1.29 is 9.13 Å². The summed E-state index contributed by atoms with van der Waals surface area (Å²) in [7, 11) is 5.52. The third-order valence-corrected chi connectivity index (χ3v) is 3.13. The van der Waals surface area contributed by atoms with Crippen molar-refractivity contribution in [3.05, 3.63) is 53.8 Å². The molecule has 0 bridgehead atoms. The van der Waals surface area contributed by atoms with E-state index in [9.17, 15) is 4.39 Å². The third kappa shape index (κ3) is 3.41. The van der Waals surface area contributed by atoms with Crippen molar-refractivity contribution in [2.75, 3.05) is 31.4 Å². The van der Waals surface area contributed by atoms with Crippen LogP contribution in [-0.2, 0) is 6.54 Å². The average molecular weight is 274 g/mol. The van der Waals surface area contributed by atoms with Gasteiger partial charge in [0, 0.05) is 43.6 Å². The van der Waals surface area contributed by atoms with Crippen LogP contribution < -0.4 is 15.0 Å². The number of methoxy groups -OCH3 is 1. The van der Waals surface area contributed by atoms with Crippen molar-refractivity contribution in [1.82, 2.24) is 0 Å². The third-order valence-electron chi connectivity index (χ3n) is 3.13. The first kappa shape index (κ1) is 14.2. The van der Waals surface area contributed by atoms with Crippen LogP contribution >= 0.6 is 0 Å². The topological polar surface area (TPSA) is 24.5 Å². The number of nitrogens with zero attached hydrogens (tertiary/aromatic N) is 1. The van der Waals surface area contributed by atoms with Gasteiger partial charge < -0.3 is 15.0 Å². The van der Waals surface area contributed by atoms with E-state index in [0.29, 0.717) is 17.9 Å². The molecule has 106 valence electrons. The van der Waals surface area contributed by atoms with Gasteiger partial charge >= 0.3 is 0 Å². The lowest BCUT2D eigenvalue weighted by molar-refractivity contribution is 0.411. The molecule has 0 radical (unpaired) electrons. The molecule has 3 nitrogen and oxygen atoms in total. The molecule has 0 atom stereocenters. The minimum Gasteiger partial charge on any atom is -0.497 e. The number of ether oxygens (including phenoxy) is 1. The number of rotatable bonds is 5. The molecule has 0 saturated carbocycles. The summed E-state index contributed by atoms with van der Waals surface area (Å²) < 4.78 is 18.8. The molecular weight excluding hydrogens is 255 g/mol. The van der Waals surface area contributed by atoms with Gasteiger partial charge in [-0.25, -0.2) is 4.39 Å². The standard InChI is InChI=1S/C16H19FN2O/c1-19(2)14-7-5-13(6-8-14)18-11-12-4-9-15(20-3)10-16(12)17/h4-10,18H,11H2,1-3H3. The molecule has 0 aliphatic rings. The zero-order valence-electron chi connectivity index (χ0n) is 12.0. The van der Waals surface area contributed by atoms with Crippen LogP contribution in [-0.4, -0.2) is 21.2 Å². The lowest BCUT2D eigenvalue weighted by atomic mass is 10.2. The van der Waals surface area contributed by atoms with E-state index >= 15 is 0 Å². The van der Waals surface area contributed by atoms with Crippen LogP contribution in [0, 0.1) is 5.82 Å². The lowest BCUT2D eigenvalue weighted by Crippen LogP contribution is -2.08. The molecule has 0 unspecified atom stereocenters. The van der Waals surface area contributed by atoms with Gasteiger partial charge in [-0.3, -0.25) is 0 Å². The SMILES string of the molecule is COc1ccc(CNc2ccc(N(C)C)cc2)c(F)c1. The van der Waals surface area contributed by atoms with Crippen LogP contribution in [0.5, 0.6) is 5.75 Å². The van der Waals surface area contributed by atoms with E-state index in [1.54, 1.807) is 12.1 Å². The number of benzene rings is 2. The van der Waals surface area contributed by atoms with Crippen molar-refractivity contribution in [3.63, 3.8) is 0 Å². The predicted molar refractivity (Wildman–Crippen MR) is 81.0 cm³/mol. The minimum atomic E-state index is -0.262. The molecular formula is C16H19FN2O. The van der Waals surface area contributed by atoms with Crippen LogP contribution in [0.25, 0.3) is 0 Å². The molecule has 4 heteroatoms. The quantitative estimate of drug-likeness (QED) is 0.903. The predicted octanol–water partition coefficient (Wildman–Crippen LogP) is 3.51. The Hall–Kier alpha value is -2.23. The summed E-state index contributed by atoms with van der Waals surface area (Å²) in [5.74, 6) is 0.267. The second-order valence-electron chi connectivity index (χ2n) is 4.75. The smallest absolute Gasteiger partial charge is 0.131 e. The van der Waals surface area contributed by atoms with Crippen LogP contribution in [0.1, 0.15) is 5.56 Å². The molecule has 0 fully saturated rings. The van der Waals surface area contributed by atoms with E-state index in [4.69, 9.17) is 4.74 Å². The van der Waals surface area contributed by atoms with E-state index in [0.717, 1.165) is 11.4 Å². The van der Waals surface area contributed by atoms with E-state index in [1.165, 1.54) is 13.2 Å². The summed E-state index contributed by atoms with van der Waals surface area (Å²) >= 11 is 0. The molecule has 0 heterocycles. The molecule has 0 aromatic heterocycles. The highest BCUT2D eigenvalue weighted by molar-refractivity contribution is 5.54. The lowest BCUT2D eigenvalue weighted by Gasteiger charge is -2.13. The summed E-state index contributed by atoms with van der Waals surface area (Å²) in [5.41, 5.74) is 2.71. The Labute approximate surface area is 119 Å². The van der Waals surface area contributed by atoms with Gasteiger partial charge in [-0.1, -0.05) is 6.07 Å². The molecule has 0 saturated heterocycles. The minimum absolute atomic E-state index is 0.262. The molecule has 2 rings (SSSR count). The Morgan fingerprint density at radius 3 is 2.35 bits per heavy atom. The van der Waals surface area contributed by atoms with E-state index in [1.807, 2.05) is 43.3 Å². The molecule has 2 aromatic carbocycles. The fraction of sp³-hybridized carbons (Fsp3) is 0.250. The Morgan fingerprint density at radius 2 is 1.80 bits per heavy atom. The Morgan fingerprint density at radius 1 is 1.10 bits per heavy atom. The van der Waals surface area contributed by atoms with Crippen molar-refractivity contribution in [1.29, 1.82) is 0 Å². The summed E-state index contributed by atoms with van der Waals surface area (Å²) in [5, 5.41) is 3.21. The zero-order valence-corrected chi connectivity index (χ0v) is 12.0. The first-order valence-electron chi connectivity index (χ1n) is 6.44. The van der Waals surface area contributed by atoms with Crippen molar-refractivity contribution in [2.24, 2.45) is 0 Å². The maximum absolute atomic E-state index is 13.8. The number of nitrogens with one attached hydrogen (secondary N) is 1. The second kappa shape index (κ2) is 6.28. The maximum Gasteiger partial charge on any atom is 0.131 e. The van der Waals surface area contributed by atoms with Gasteiger partial charge in [0.15, 0.2) is 0 Å². The monoisotopic (exact) mass is 274 g/mol. The van der Waals surface area contributed by atoms with Crippen molar-refractivity contribution in [2.45, 2.75) is 6.54 Å². The van der Waals surface area contributed by atoms with E-state index < -0.39 is 0 Å². The van der Waals surface area contributed by atoms with Crippen molar-refractivity contribution in [3.8, 4) is 5.75 Å². The molecule has 0 spiro atoms. The summed E-state index contributed by atoms with van der Waals surface area (Å²) in [6, 6.07) is 12.9.